The van der Waals surface area contributed by atoms with Crippen LogP contribution in [-0.4, -0.2) is 34.9 Å². The highest BCUT2D eigenvalue weighted by Gasteiger charge is 2.32. The smallest absolute Gasteiger partial charge is 0.276 e. The average Bonchev–Trinajstić information content (AvgIpc) is 2.73. The number of likely N-dealkylation sites (N-methyl/N-ethyl adjacent to an activating group) is 2. The molecule has 1 aromatic heterocycles. The normalized spacial score (nSPS) is 19.1. The van der Waals surface area contributed by atoms with Gasteiger partial charge in [-0.05, 0) is 37.4 Å². The van der Waals surface area contributed by atoms with Crippen molar-refractivity contribution in [3.8, 4) is 0 Å². The number of hydrogen-bond donors (Lipinski definition) is 0. The van der Waals surface area contributed by atoms with Crippen LogP contribution in [0.15, 0.2) is 17.8 Å². The van der Waals surface area contributed by atoms with E-state index in [0.717, 1.165) is 4.88 Å². The predicted octanol–water partition coefficient (Wildman–Crippen LogP) is 2.09. The van der Waals surface area contributed by atoms with Crippen molar-refractivity contribution < 1.29 is 4.79 Å². The molecule has 1 fully saturated rings. The van der Waals surface area contributed by atoms with Crippen molar-refractivity contribution in [3.05, 3.63) is 27.6 Å². The van der Waals surface area contributed by atoms with Crippen molar-refractivity contribution in [2.75, 3.05) is 14.1 Å². The topological polar surface area (TPSA) is 23.6 Å². The number of thiophene rings is 1. The Balaban J connectivity index is 2.38. The molecular weight excluding hydrogens is 240 g/mol. The Kier molecular flexibility index (Phi) is 2.82. The second-order valence-corrected chi connectivity index (χ2v) is 5.37. The van der Waals surface area contributed by atoms with Crippen molar-refractivity contribution in [1.29, 1.82) is 0 Å². The molecule has 16 heavy (non-hydrogen) atoms. The third kappa shape index (κ3) is 1.76. The minimum absolute atomic E-state index is 0.0430. The molecule has 5 heteroatoms. The van der Waals surface area contributed by atoms with Gasteiger partial charge in [0, 0.05) is 23.8 Å². The van der Waals surface area contributed by atoms with Gasteiger partial charge in [-0.25, -0.2) is 0 Å². The van der Waals surface area contributed by atoms with Crippen molar-refractivity contribution in [2.24, 2.45) is 0 Å². The first-order valence-electron chi connectivity index (χ1n) is 4.84. The van der Waals surface area contributed by atoms with Gasteiger partial charge < -0.3 is 4.90 Å². The lowest BCUT2D eigenvalue weighted by atomic mass is 10.3. The SMILES string of the molecule is Cc1ccc(/C=C2\C(=O)N(C)C(=S)N2C)s1. The van der Waals surface area contributed by atoms with Crippen LogP contribution >= 0.6 is 23.6 Å². The fraction of sp³-hybridized carbons (Fsp3) is 0.273. The van der Waals surface area contributed by atoms with Gasteiger partial charge in [-0.3, -0.25) is 9.69 Å². The molecule has 1 amide bonds. The van der Waals surface area contributed by atoms with Gasteiger partial charge >= 0.3 is 0 Å². The number of rotatable bonds is 1. The summed E-state index contributed by atoms with van der Waals surface area (Å²) in [7, 11) is 3.51. The molecule has 0 atom stereocenters. The van der Waals surface area contributed by atoms with Gasteiger partial charge in [0.15, 0.2) is 5.11 Å². The molecule has 3 nitrogen and oxygen atoms in total. The fourth-order valence-corrected chi connectivity index (χ4v) is 2.55. The Labute approximate surface area is 104 Å². The zero-order valence-corrected chi connectivity index (χ0v) is 11.0. The number of thiocarbonyl (C=S) groups is 1. The van der Waals surface area contributed by atoms with E-state index in [9.17, 15) is 4.79 Å². The summed E-state index contributed by atoms with van der Waals surface area (Å²) in [6.07, 6.45) is 1.88. The molecule has 2 rings (SSSR count). The zero-order chi connectivity index (χ0) is 11.9. The lowest BCUT2D eigenvalue weighted by Gasteiger charge is -2.10. The third-order valence-electron chi connectivity index (χ3n) is 2.50. The van der Waals surface area contributed by atoms with Crippen molar-refractivity contribution in [3.63, 3.8) is 0 Å². The van der Waals surface area contributed by atoms with Crippen LogP contribution in [0.3, 0.4) is 0 Å². The van der Waals surface area contributed by atoms with Gasteiger partial charge in [0.25, 0.3) is 5.91 Å². The number of aryl methyl sites for hydroxylation is 1. The van der Waals surface area contributed by atoms with Crippen LogP contribution in [0, 0.1) is 6.92 Å². The molecule has 1 aromatic rings. The van der Waals surface area contributed by atoms with Crippen LogP contribution in [0.5, 0.6) is 0 Å². The molecule has 84 valence electrons. The number of hydrogen-bond acceptors (Lipinski definition) is 3. The van der Waals surface area contributed by atoms with E-state index < -0.39 is 0 Å². The molecule has 0 unspecified atom stereocenters. The first-order chi connectivity index (χ1) is 7.50. The van der Waals surface area contributed by atoms with E-state index in [1.165, 1.54) is 9.78 Å². The molecule has 0 spiro atoms. The highest BCUT2D eigenvalue weighted by molar-refractivity contribution is 7.80. The van der Waals surface area contributed by atoms with Gasteiger partial charge in [-0.2, -0.15) is 0 Å². The molecule has 0 N–H and O–H groups in total. The number of nitrogens with zero attached hydrogens (tertiary/aromatic N) is 2. The molecule has 0 saturated carbocycles. The minimum Gasteiger partial charge on any atom is -0.317 e. The third-order valence-corrected chi connectivity index (χ3v) is 3.99. The van der Waals surface area contributed by atoms with Crippen molar-refractivity contribution >= 4 is 40.7 Å². The Hall–Kier alpha value is -1.20. The Morgan fingerprint density at radius 2 is 2.00 bits per heavy atom. The number of carbonyl (C=O) groups excluding carboxylic acids is 1. The summed E-state index contributed by atoms with van der Waals surface area (Å²) >= 11 is 6.80. The van der Waals surface area contributed by atoms with Crippen LogP contribution in [0.2, 0.25) is 0 Å². The summed E-state index contributed by atoms with van der Waals surface area (Å²) in [6.45, 7) is 2.05. The van der Waals surface area contributed by atoms with Crippen LogP contribution in [0.1, 0.15) is 9.75 Å². The predicted molar refractivity (Wildman–Crippen MR) is 70.2 cm³/mol. The van der Waals surface area contributed by atoms with E-state index >= 15 is 0 Å². The van der Waals surface area contributed by atoms with E-state index in [1.807, 2.05) is 32.2 Å². The standard InChI is InChI=1S/C11H12N2OS2/c1-7-4-5-8(16-7)6-9-10(14)13(3)11(15)12(9)2/h4-6H,1-3H3/b9-6+. The maximum absolute atomic E-state index is 11.9. The second kappa shape index (κ2) is 3.99. The Bertz CT molecular complexity index is 490. The summed E-state index contributed by atoms with van der Waals surface area (Å²) in [4.78, 5) is 17.4. The van der Waals surface area contributed by atoms with E-state index in [-0.39, 0.29) is 5.91 Å². The van der Waals surface area contributed by atoms with Crippen LogP contribution in [0.4, 0.5) is 0 Å². The first kappa shape index (κ1) is 11.3. The minimum atomic E-state index is -0.0430. The molecule has 0 radical (unpaired) electrons. The summed E-state index contributed by atoms with van der Waals surface area (Å²) < 4.78 is 0. The van der Waals surface area contributed by atoms with Crippen molar-refractivity contribution in [2.45, 2.75) is 6.92 Å². The largest absolute Gasteiger partial charge is 0.317 e. The second-order valence-electron chi connectivity index (χ2n) is 3.68. The highest BCUT2D eigenvalue weighted by atomic mass is 32.1. The van der Waals surface area contributed by atoms with Gasteiger partial charge in [-0.15, -0.1) is 11.3 Å². The van der Waals surface area contributed by atoms with E-state index in [2.05, 4.69) is 0 Å². The fourth-order valence-electron chi connectivity index (χ4n) is 1.55. The Morgan fingerprint density at radius 3 is 2.44 bits per heavy atom. The van der Waals surface area contributed by atoms with Crippen LogP contribution in [0.25, 0.3) is 6.08 Å². The summed E-state index contributed by atoms with van der Waals surface area (Å²) in [6, 6.07) is 4.05. The summed E-state index contributed by atoms with van der Waals surface area (Å²) in [5, 5.41) is 0.546. The summed E-state index contributed by atoms with van der Waals surface area (Å²) in [5.41, 5.74) is 0.634. The number of carbonyl (C=O) groups is 1. The zero-order valence-electron chi connectivity index (χ0n) is 9.35. The van der Waals surface area contributed by atoms with E-state index in [1.54, 1.807) is 23.3 Å². The van der Waals surface area contributed by atoms with E-state index in [0.29, 0.717) is 10.8 Å². The van der Waals surface area contributed by atoms with Crippen LogP contribution in [-0.2, 0) is 4.79 Å². The molecule has 1 aliphatic heterocycles. The lowest BCUT2D eigenvalue weighted by Crippen LogP contribution is -2.26. The molecule has 1 saturated heterocycles. The molecule has 2 heterocycles. The van der Waals surface area contributed by atoms with E-state index in [4.69, 9.17) is 12.2 Å². The molecule has 1 aliphatic rings. The molecule has 0 aromatic carbocycles. The average molecular weight is 252 g/mol. The Morgan fingerprint density at radius 1 is 1.31 bits per heavy atom. The van der Waals surface area contributed by atoms with Gasteiger partial charge in [0.05, 0.1) is 0 Å². The summed E-state index contributed by atoms with van der Waals surface area (Å²) in [5.74, 6) is -0.0430. The maximum Gasteiger partial charge on any atom is 0.276 e. The van der Waals surface area contributed by atoms with Gasteiger partial charge in [0.2, 0.25) is 0 Å². The van der Waals surface area contributed by atoms with Crippen molar-refractivity contribution in [1.82, 2.24) is 9.80 Å². The highest BCUT2D eigenvalue weighted by Crippen LogP contribution is 2.24. The van der Waals surface area contributed by atoms with Crippen LogP contribution < -0.4 is 0 Å². The quantitative estimate of drug-likeness (QED) is 0.565. The molecule has 0 aliphatic carbocycles. The molecular formula is C11H12N2OS2. The van der Waals surface area contributed by atoms with Gasteiger partial charge in [-0.1, -0.05) is 0 Å². The molecule has 0 bridgehead atoms. The number of amides is 1. The van der Waals surface area contributed by atoms with Gasteiger partial charge in [0.1, 0.15) is 5.70 Å². The lowest BCUT2D eigenvalue weighted by molar-refractivity contribution is -0.121. The maximum atomic E-state index is 11.9. The monoisotopic (exact) mass is 252 g/mol. The first-order valence-corrected chi connectivity index (χ1v) is 6.07.